The van der Waals surface area contributed by atoms with Gasteiger partial charge in [-0.15, -0.1) is 0 Å². The van der Waals surface area contributed by atoms with Crippen LogP contribution < -0.4 is 4.74 Å². The fourth-order valence-electron chi connectivity index (χ4n) is 1.51. The molecular formula is C12H12N2O4. The Kier molecular flexibility index (Phi) is 3.18. The fourth-order valence-corrected chi connectivity index (χ4v) is 1.51. The molecule has 0 aliphatic rings. The van der Waals surface area contributed by atoms with Crippen molar-refractivity contribution in [1.82, 2.24) is 9.55 Å². The van der Waals surface area contributed by atoms with Crippen LogP contribution in [0.3, 0.4) is 0 Å². The molecule has 2 aromatic rings. The number of aromatic carboxylic acids is 1. The summed E-state index contributed by atoms with van der Waals surface area (Å²) in [6.07, 6.45) is 1.45. The molecule has 0 fully saturated rings. The monoisotopic (exact) mass is 248 g/mol. The van der Waals surface area contributed by atoms with Crippen molar-refractivity contribution in [2.45, 2.75) is 6.61 Å². The molecular weight excluding hydrogens is 236 g/mol. The Labute approximate surface area is 103 Å². The molecule has 0 saturated carbocycles. The second-order valence-corrected chi connectivity index (χ2v) is 3.72. The third-order valence-electron chi connectivity index (χ3n) is 2.48. The number of rotatable bonds is 4. The molecule has 0 aliphatic heterocycles. The van der Waals surface area contributed by atoms with E-state index in [0.29, 0.717) is 11.4 Å². The molecule has 0 aliphatic carbocycles. The summed E-state index contributed by atoms with van der Waals surface area (Å²) >= 11 is 0. The SMILES string of the molecule is Cn1c(COc2cccc(O)c2)cnc1C(=O)O. The zero-order chi connectivity index (χ0) is 13.1. The quantitative estimate of drug-likeness (QED) is 0.854. The van der Waals surface area contributed by atoms with Crippen LogP contribution in [0.2, 0.25) is 0 Å². The van der Waals surface area contributed by atoms with Crippen molar-refractivity contribution in [3.8, 4) is 11.5 Å². The van der Waals surface area contributed by atoms with Crippen molar-refractivity contribution in [2.24, 2.45) is 7.05 Å². The van der Waals surface area contributed by atoms with E-state index >= 15 is 0 Å². The van der Waals surface area contributed by atoms with Crippen molar-refractivity contribution in [1.29, 1.82) is 0 Å². The minimum absolute atomic E-state index is 0.0375. The smallest absolute Gasteiger partial charge is 0.372 e. The number of ether oxygens (including phenoxy) is 1. The van der Waals surface area contributed by atoms with Crippen LogP contribution in [0.25, 0.3) is 0 Å². The molecule has 0 radical (unpaired) electrons. The van der Waals surface area contributed by atoms with Crippen LogP contribution in [-0.2, 0) is 13.7 Å². The van der Waals surface area contributed by atoms with Gasteiger partial charge in [0.25, 0.3) is 0 Å². The molecule has 1 aromatic carbocycles. The highest BCUT2D eigenvalue weighted by Crippen LogP contribution is 2.18. The van der Waals surface area contributed by atoms with Gasteiger partial charge in [0.1, 0.15) is 18.1 Å². The second kappa shape index (κ2) is 4.79. The minimum atomic E-state index is -1.08. The van der Waals surface area contributed by atoms with Crippen molar-refractivity contribution in [3.05, 3.63) is 42.0 Å². The summed E-state index contributed by atoms with van der Waals surface area (Å²) < 4.78 is 6.88. The standard InChI is InChI=1S/C12H12N2O4/c1-14-8(6-13-11(14)12(16)17)7-18-10-4-2-3-9(15)5-10/h2-6,15H,7H2,1H3,(H,16,17). The number of imidazole rings is 1. The summed E-state index contributed by atoms with van der Waals surface area (Å²) in [5, 5.41) is 18.1. The average Bonchev–Trinajstić information content (AvgIpc) is 2.68. The van der Waals surface area contributed by atoms with E-state index in [1.165, 1.54) is 16.8 Å². The maximum absolute atomic E-state index is 10.8. The third kappa shape index (κ3) is 2.42. The second-order valence-electron chi connectivity index (χ2n) is 3.72. The molecule has 6 nitrogen and oxygen atoms in total. The number of hydrogen-bond acceptors (Lipinski definition) is 4. The van der Waals surface area contributed by atoms with Crippen molar-refractivity contribution in [3.63, 3.8) is 0 Å². The molecule has 94 valence electrons. The summed E-state index contributed by atoms with van der Waals surface area (Å²) in [5.74, 6) is -0.498. The number of phenolic OH excluding ortho intramolecular Hbond substituents is 1. The first-order chi connectivity index (χ1) is 8.58. The lowest BCUT2D eigenvalue weighted by Gasteiger charge is -2.07. The van der Waals surface area contributed by atoms with Crippen LogP contribution >= 0.6 is 0 Å². The lowest BCUT2D eigenvalue weighted by molar-refractivity contribution is 0.0679. The number of carbonyl (C=O) groups is 1. The Balaban J connectivity index is 2.09. The zero-order valence-corrected chi connectivity index (χ0v) is 9.70. The lowest BCUT2D eigenvalue weighted by Crippen LogP contribution is -2.09. The van der Waals surface area contributed by atoms with Crippen LogP contribution in [0, 0.1) is 0 Å². The number of aromatic nitrogens is 2. The summed E-state index contributed by atoms with van der Waals surface area (Å²) in [6, 6.07) is 6.39. The van der Waals surface area contributed by atoms with Gasteiger partial charge < -0.3 is 19.5 Å². The van der Waals surface area contributed by atoms with Gasteiger partial charge in [-0.3, -0.25) is 0 Å². The highest BCUT2D eigenvalue weighted by molar-refractivity contribution is 5.83. The van der Waals surface area contributed by atoms with Gasteiger partial charge in [0.15, 0.2) is 0 Å². The molecule has 0 atom stereocenters. The van der Waals surface area contributed by atoms with E-state index < -0.39 is 5.97 Å². The van der Waals surface area contributed by atoms with E-state index in [0.717, 1.165) is 0 Å². The predicted molar refractivity (Wildman–Crippen MR) is 62.6 cm³/mol. The predicted octanol–water partition coefficient (Wildman–Crippen LogP) is 1.40. The molecule has 0 saturated heterocycles. The molecule has 0 unspecified atom stereocenters. The Morgan fingerprint density at radius 1 is 1.50 bits per heavy atom. The van der Waals surface area contributed by atoms with E-state index in [1.807, 2.05) is 0 Å². The molecule has 18 heavy (non-hydrogen) atoms. The molecule has 0 spiro atoms. The van der Waals surface area contributed by atoms with Gasteiger partial charge in [-0.25, -0.2) is 9.78 Å². The minimum Gasteiger partial charge on any atom is -0.508 e. The average molecular weight is 248 g/mol. The number of carboxylic acid groups (broad SMARTS) is 1. The molecule has 2 rings (SSSR count). The molecule has 1 aromatic heterocycles. The maximum Gasteiger partial charge on any atom is 0.372 e. The van der Waals surface area contributed by atoms with Gasteiger partial charge >= 0.3 is 5.97 Å². The molecule has 1 heterocycles. The van der Waals surface area contributed by atoms with Gasteiger partial charge in [0, 0.05) is 13.1 Å². The largest absolute Gasteiger partial charge is 0.508 e. The first-order valence-electron chi connectivity index (χ1n) is 5.23. The normalized spacial score (nSPS) is 10.3. The van der Waals surface area contributed by atoms with Gasteiger partial charge in [-0.1, -0.05) is 6.07 Å². The Morgan fingerprint density at radius 3 is 2.89 bits per heavy atom. The first kappa shape index (κ1) is 12.0. The summed E-state index contributed by atoms with van der Waals surface area (Å²) in [5.41, 5.74) is 0.635. The molecule has 0 amide bonds. The number of hydrogen-bond donors (Lipinski definition) is 2. The first-order valence-corrected chi connectivity index (χ1v) is 5.23. The van der Waals surface area contributed by atoms with Gasteiger partial charge in [-0.2, -0.15) is 0 Å². The molecule has 0 bridgehead atoms. The van der Waals surface area contributed by atoms with Gasteiger partial charge in [0.2, 0.25) is 5.82 Å². The van der Waals surface area contributed by atoms with E-state index in [-0.39, 0.29) is 18.2 Å². The van der Waals surface area contributed by atoms with Crippen molar-refractivity contribution >= 4 is 5.97 Å². The number of benzene rings is 1. The molecule has 6 heteroatoms. The van der Waals surface area contributed by atoms with Crippen LogP contribution in [0.5, 0.6) is 11.5 Å². The van der Waals surface area contributed by atoms with Crippen LogP contribution in [-0.4, -0.2) is 25.7 Å². The third-order valence-corrected chi connectivity index (χ3v) is 2.48. The van der Waals surface area contributed by atoms with E-state index in [4.69, 9.17) is 9.84 Å². The molecule has 2 N–H and O–H groups in total. The van der Waals surface area contributed by atoms with Gasteiger partial charge in [0.05, 0.1) is 11.9 Å². The number of nitrogens with zero attached hydrogens (tertiary/aromatic N) is 2. The fraction of sp³-hybridized carbons (Fsp3) is 0.167. The zero-order valence-electron chi connectivity index (χ0n) is 9.70. The van der Waals surface area contributed by atoms with E-state index in [9.17, 15) is 9.90 Å². The van der Waals surface area contributed by atoms with E-state index in [2.05, 4.69) is 4.98 Å². The van der Waals surface area contributed by atoms with Gasteiger partial charge in [-0.05, 0) is 12.1 Å². The summed E-state index contributed by atoms with van der Waals surface area (Å²) in [7, 11) is 1.61. The Hall–Kier alpha value is -2.50. The van der Waals surface area contributed by atoms with Crippen molar-refractivity contribution < 1.29 is 19.7 Å². The lowest BCUT2D eigenvalue weighted by atomic mass is 10.3. The Bertz CT molecular complexity index is 577. The number of phenols is 1. The van der Waals surface area contributed by atoms with Crippen molar-refractivity contribution in [2.75, 3.05) is 0 Å². The number of aromatic hydroxyl groups is 1. The highest BCUT2D eigenvalue weighted by atomic mass is 16.5. The maximum atomic E-state index is 10.8. The highest BCUT2D eigenvalue weighted by Gasteiger charge is 2.13. The van der Waals surface area contributed by atoms with E-state index in [1.54, 1.807) is 25.2 Å². The number of carboxylic acids is 1. The van der Waals surface area contributed by atoms with Crippen LogP contribution in [0.4, 0.5) is 0 Å². The summed E-state index contributed by atoms with van der Waals surface area (Å²) in [4.78, 5) is 14.6. The Morgan fingerprint density at radius 2 is 2.28 bits per heavy atom. The summed E-state index contributed by atoms with van der Waals surface area (Å²) in [6.45, 7) is 0.181. The van der Waals surface area contributed by atoms with Crippen LogP contribution in [0.15, 0.2) is 30.5 Å². The topological polar surface area (TPSA) is 84.6 Å². The van der Waals surface area contributed by atoms with Crippen LogP contribution in [0.1, 0.15) is 16.3 Å².